The molecule has 0 fully saturated rings. The first-order valence-electron chi connectivity index (χ1n) is 8.01. The van der Waals surface area contributed by atoms with E-state index in [-0.39, 0.29) is 18.1 Å². The molecule has 1 aromatic heterocycles. The zero-order valence-corrected chi connectivity index (χ0v) is 14.3. The summed E-state index contributed by atoms with van der Waals surface area (Å²) in [5, 5.41) is 2.91. The standard InChI is InChI=1S/C19H16F3N3O2/c1-27-16-8-3-2-5-13(16)12-24-17-18(26)25(10-9-23-17)15-7-4-6-14(11-15)19(20,21)22/h2-11H,12H2,1H3,(H,23,24). The average Bonchev–Trinajstić information content (AvgIpc) is 2.67. The van der Waals surface area contributed by atoms with Gasteiger partial charge in [0.2, 0.25) is 0 Å². The van der Waals surface area contributed by atoms with Crippen LogP contribution in [0.2, 0.25) is 0 Å². The molecule has 1 N–H and O–H groups in total. The van der Waals surface area contributed by atoms with Gasteiger partial charge in [-0.2, -0.15) is 13.2 Å². The summed E-state index contributed by atoms with van der Waals surface area (Å²) >= 11 is 0. The summed E-state index contributed by atoms with van der Waals surface area (Å²) in [6.45, 7) is 0.277. The number of alkyl halides is 3. The number of halogens is 3. The molecular weight excluding hydrogens is 359 g/mol. The lowest BCUT2D eigenvalue weighted by Gasteiger charge is -2.12. The highest BCUT2D eigenvalue weighted by Gasteiger charge is 2.30. The summed E-state index contributed by atoms with van der Waals surface area (Å²) in [5.74, 6) is 0.681. The van der Waals surface area contributed by atoms with Gasteiger partial charge in [0, 0.05) is 30.2 Å². The van der Waals surface area contributed by atoms with Crippen molar-refractivity contribution in [3.8, 4) is 11.4 Å². The second-order valence-electron chi connectivity index (χ2n) is 5.66. The summed E-state index contributed by atoms with van der Waals surface area (Å²) in [7, 11) is 1.54. The van der Waals surface area contributed by atoms with Gasteiger partial charge in [0.25, 0.3) is 5.56 Å². The Labute approximate surface area is 153 Å². The van der Waals surface area contributed by atoms with E-state index in [2.05, 4.69) is 10.3 Å². The van der Waals surface area contributed by atoms with Crippen LogP contribution in [-0.2, 0) is 12.7 Å². The highest BCUT2D eigenvalue weighted by atomic mass is 19.4. The van der Waals surface area contributed by atoms with Gasteiger partial charge in [0.1, 0.15) is 5.75 Å². The second kappa shape index (κ2) is 7.53. The van der Waals surface area contributed by atoms with Crippen molar-refractivity contribution in [3.63, 3.8) is 0 Å². The third kappa shape index (κ3) is 4.11. The summed E-state index contributed by atoms with van der Waals surface area (Å²) in [6, 6.07) is 11.8. The van der Waals surface area contributed by atoms with Gasteiger partial charge >= 0.3 is 6.18 Å². The Bertz CT molecular complexity index is 1000. The first-order valence-corrected chi connectivity index (χ1v) is 8.01. The maximum Gasteiger partial charge on any atom is 0.416 e. The fraction of sp³-hybridized carbons (Fsp3) is 0.158. The summed E-state index contributed by atoms with van der Waals surface area (Å²) < 4.78 is 45.1. The van der Waals surface area contributed by atoms with Crippen LogP contribution in [0.5, 0.6) is 5.75 Å². The molecule has 0 saturated carbocycles. The van der Waals surface area contributed by atoms with Gasteiger partial charge in [-0.25, -0.2) is 4.98 Å². The van der Waals surface area contributed by atoms with E-state index >= 15 is 0 Å². The van der Waals surface area contributed by atoms with Gasteiger partial charge < -0.3 is 10.1 Å². The van der Waals surface area contributed by atoms with E-state index in [9.17, 15) is 18.0 Å². The topological polar surface area (TPSA) is 56.1 Å². The molecule has 0 amide bonds. The third-order valence-corrected chi connectivity index (χ3v) is 3.93. The molecule has 0 radical (unpaired) electrons. The average molecular weight is 375 g/mol. The number of rotatable bonds is 5. The first kappa shape index (κ1) is 18.5. The molecule has 2 aromatic carbocycles. The molecule has 0 bridgehead atoms. The van der Waals surface area contributed by atoms with Gasteiger partial charge in [0.05, 0.1) is 12.7 Å². The van der Waals surface area contributed by atoms with Gasteiger partial charge in [0.15, 0.2) is 5.82 Å². The Morgan fingerprint density at radius 3 is 2.67 bits per heavy atom. The van der Waals surface area contributed by atoms with Crippen molar-refractivity contribution in [2.75, 3.05) is 12.4 Å². The summed E-state index contributed by atoms with van der Waals surface area (Å²) in [6.07, 6.45) is -1.81. The number of ether oxygens (including phenoxy) is 1. The molecule has 0 aliphatic rings. The van der Waals surface area contributed by atoms with Crippen molar-refractivity contribution in [1.29, 1.82) is 0 Å². The number of para-hydroxylation sites is 1. The van der Waals surface area contributed by atoms with E-state index in [0.717, 1.165) is 22.3 Å². The Hall–Kier alpha value is -3.29. The van der Waals surface area contributed by atoms with Crippen molar-refractivity contribution in [2.45, 2.75) is 12.7 Å². The molecular formula is C19H16F3N3O2. The molecule has 0 saturated heterocycles. The van der Waals surface area contributed by atoms with E-state index in [1.54, 1.807) is 13.2 Å². The lowest BCUT2D eigenvalue weighted by Crippen LogP contribution is -2.23. The number of anilines is 1. The van der Waals surface area contributed by atoms with E-state index < -0.39 is 17.3 Å². The van der Waals surface area contributed by atoms with E-state index in [1.807, 2.05) is 18.2 Å². The lowest BCUT2D eigenvalue weighted by atomic mass is 10.2. The SMILES string of the molecule is COc1ccccc1CNc1nccn(-c2cccc(C(F)(F)F)c2)c1=O. The fourth-order valence-corrected chi connectivity index (χ4v) is 2.60. The largest absolute Gasteiger partial charge is 0.496 e. The van der Waals surface area contributed by atoms with Crippen LogP contribution in [0.4, 0.5) is 19.0 Å². The summed E-state index contributed by atoms with van der Waals surface area (Å²) in [4.78, 5) is 16.6. The predicted molar refractivity (Wildman–Crippen MR) is 95.2 cm³/mol. The quantitative estimate of drug-likeness (QED) is 0.736. The van der Waals surface area contributed by atoms with E-state index in [1.165, 1.54) is 24.5 Å². The van der Waals surface area contributed by atoms with Crippen molar-refractivity contribution < 1.29 is 17.9 Å². The Kier molecular flexibility index (Phi) is 5.16. The smallest absolute Gasteiger partial charge is 0.416 e. The maximum atomic E-state index is 12.9. The first-order chi connectivity index (χ1) is 12.9. The number of hydrogen-bond donors (Lipinski definition) is 1. The number of benzene rings is 2. The minimum Gasteiger partial charge on any atom is -0.496 e. The van der Waals surface area contributed by atoms with Crippen LogP contribution >= 0.6 is 0 Å². The molecule has 5 nitrogen and oxygen atoms in total. The zero-order chi connectivity index (χ0) is 19.4. The molecule has 0 unspecified atom stereocenters. The Morgan fingerprint density at radius 1 is 1.15 bits per heavy atom. The van der Waals surface area contributed by atoms with Crippen LogP contribution in [0, 0.1) is 0 Å². The molecule has 1 heterocycles. The number of nitrogens with one attached hydrogen (secondary N) is 1. The van der Waals surface area contributed by atoms with Gasteiger partial charge in [-0.3, -0.25) is 9.36 Å². The van der Waals surface area contributed by atoms with Crippen molar-refractivity contribution >= 4 is 5.82 Å². The monoisotopic (exact) mass is 375 g/mol. The Morgan fingerprint density at radius 2 is 1.93 bits per heavy atom. The molecule has 140 valence electrons. The molecule has 3 aromatic rings. The second-order valence-corrected chi connectivity index (χ2v) is 5.66. The van der Waals surface area contributed by atoms with Crippen LogP contribution in [0.15, 0.2) is 65.7 Å². The summed E-state index contributed by atoms with van der Waals surface area (Å²) in [5.41, 5.74) is -0.452. The van der Waals surface area contributed by atoms with Crippen molar-refractivity contribution in [3.05, 3.63) is 82.4 Å². The van der Waals surface area contributed by atoms with Crippen molar-refractivity contribution in [1.82, 2.24) is 9.55 Å². The molecule has 0 atom stereocenters. The van der Waals surface area contributed by atoms with Crippen LogP contribution in [0.25, 0.3) is 5.69 Å². The normalized spacial score (nSPS) is 11.3. The van der Waals surface area contributed by atoms with Crippen LogP contribution in [0.3, 0.4) is 0 Å². The van der Waals surface area contributed by atoms with E-state index in [4.69, 9.17) is 4.74 Å². The Balaban J connectivity index is 1.90. The van der Waals surface area contributed by atoms with Crippen molar-refractivity contribution in [2.24, 2.45) is 0 Å². The molecule has 0 aliphatic heterocycles. The predicted octanol–water partition coefficient (Wildman–Crippen LogP) is 3.87. The lowest BCUT2D eigenvalue weighted by molar-refractivity contribution is -0.137. The van der Waals surface area contributed by atoms with Gasteiger partial charge in [-0.1, -0.05) is 24.3 Å². The number of hydrogen-bond acceptors (Lipinski definition) is 4. The third-order valence-electron chi connectivity index (χ3n) is 3.93. The van der Waals surface area contributed by atoms with Gasteiger partial charge in [-0.05, 0) is 24.3 Å². The maximum absolute atomic E-state index is 12.9. The van der Waals surface area contributed by atoms with Crippen LogP contribution in [0.1, 0.15) is 11.1 Å². The van der Waals surface area contributed by atoms with Crippen LogP contribution < -0.4 is 15.6 Å². The number of aromatic nitrogens is 2. The zero-order valence-electron chi connectivity index (χ0n) is 14.3. The molecule has 27 heavy (non-hydrogen) atoms. The molecule has 8 heteroatoms. The number of nitrogens with zero attached hydrogens (tertiary/aromatic N) is 2. The molecule has 0 aliphatic carbocycles. The fourth-order valence-electron chi connectivity index (χ4n) is 2.60. The molecule has 0 spiro atoms. The van der Waals surface area contributed by atoms with E-state index in [0.29, 0.717) is 5.75 Å². The molecule has 3 rings (SSSR count). The highest BCUT2D eigenvalue weighted by molar-refractivity contribution is 5.42. The minimum atomic E-state index is -4.49. The minimum absolute atomic E-state index is 0.0285. The highest BCUT2D eigenvalue weighted by Crippen LogP contribution is 2.30. The van der Waals surface area contributed by atoms with Crippen LogP contribution in [-0.4, -0.2) is 16.7 Å². The number of methoxy groups -OCH3 is 1. The van der Waals surface area contributed by atoms with Gasteiger partial charge in [-0.15, -0.1) is 0 Å².